The van der Waals surface area contributed by atoms with Crippen LogP contribution in [0.15, 0.2) is 53.1 Å². The van der Waals surface area contributed by atoms with Crippen molar-refractivity contribution in [2.45, 2.75) is 51.5 Å². The van der Waals surface area contributed by atoms with E-state index < -0.39 is 0 Å². The van der Waals surface area contributed by atoms with Gasteiger partial charge in [0.25, 0.3) is 5.91 Å². The number of nitrogens with zero attached hydrogens (tertiary/aromatic N) is 3. The number of benzene rings is 2. The van der Waals surface area contributed by atoms with Gasteiger partial charge in [0, 0.05) is 22.7 Å². The van der Waals surface area contributed by atoms with Crippen molar-refractivity contribution in [1.82, 2.24) is 15.0 Å². The van der Waals surface area contributed by atoms with Gasteiger partial charge in [0.2, 0.25) is 11.7 Å². The summed E-state index contributed by atoms with van der Waals surface area (Å²) in [6.45, 7) is 7.17. The molecular formula is C24H26ClN3O2. The number of rotatable bonds is 3. The van der Waals surface area contributed by atoms with Crippen LogP contribution in [-0.4, -0.2) is 27.5 Å². The van der Waals surface area contributed by atoms with Crippen molar-refractivity contribution >= 4 is 17.5 Å². The third-order valence-corrected chi connectivity index (χ3v) is 5.81. The van der Waals surface area contributed by atoms with E-state index in [4.69, 9.17) is 16.1 Å². The lowest BCUT2D eigenvalue weighted by atomic mass is 9.86. The molecule has 3 aromatic rings. The molecule has 0 spiro atoms. The SMILES string of the molecule is CC(C)(C)c1ccc(C(=O)N2CCCC[C@H]2c2nc(-c3cccc(Cl)c3)no2)cc1. The fourth-order valence-electron chi connectivity index (χ4n) is 3.83. The zero-order valence-corrected chi connectivity index (χ0v) is 18.3. The summed E-state index contributed by atoms with van der Waals surface area (Å²) in [4.78, 5) is 19.7. The van der Waals surface area contributed by atoms with Crippen LogP contribution in [0.25, 0.3) is 11.4 Å². The van der Waals surface area contributed by atoms with Gasteiger partial charge in [0.1, 0.15) is 6.04 Å². The highest BCUT2D eigenvalue weighted by Gasteiger charge is 2.33. The van der Waals surface area contributed by atoms with Crippen LogP contribution in [0, 0.1) is 0 Å². The molecule has 0 N–H and O–H groups in total. The van der Waals surface area contributed by atoms with Gasteiger partial charge in [-0.25, -0.2) is 0 Å². The highest BCUT2D eigenvalue weighted by molar-refractivity contribution is 6.30. The van der Waals surface area contributed by atoms with Crippen LogP contribution in [0.4, 0.5) is 0 Å². The maximum atomic E-state index is 13.3. The van der Waals surface area contributed by atoms with Crippen molar-refractivity contribution in [2.75, 3.05) is 6.54 Å². The van der Waals surface area contributed by atoms with Crippen LogP contribution >= 0.6 is 11.6 Å². The molecule has 0 aliphatic carbocycles. The Labute approximate surface area is 182 Å². The average Bonchev–Trinajstić information content (AvgIpc) is 3.23. The molecule has 156 valence electrons. The monoisotopic (exact) mass is 423 g/mol. The Bertz CT molecular complexity index is 1040. The van der Waals surface area contributed by atoms with E-state index in [1.54, 1.807) is 12.1 Å². The van der Waals surface area contributed by atoms with Gasteiger partial charge in [-0.3, -0.25) is 4.79 Å². The number of carbonyl (C=O) groups excluding carboxylic acids is 1. The van der Waals surface area contributed by atoms with E-state index in [0.717, 1.165) is 24.8 Å². The van der Waals surface area contributed by atoms with Gasteiger partial charge >= 0.3 is 0 Å². The molecule has 5 nitrogen and oxygen atoms in total. The Morgan fingerprint density at radius 1 is 1.13 bits per heavy atom. The van der Waals surface area contributed by atoms with E-state index in [9.17, 15) is 4.79 Å². The zero-order chi connectivity index (χ0) is 21.3. The predicted octanol–water partition coefficient (Wildman–Crippen LogP) is 6.05. The summed E-state index contributed by atoms with van der Waals surface area (Å²) < 4.78 is 5.58. The first-order valence-corrected chi connectivity index (χ1v) is 10.7. The Morgan fingerprint density at radius 2 is 1.90 bits per heavy atom. The number of hydrogen-bond donors (Lipinski definition) is 0. The second-order valence-corrected chi connectivity index (χ2v) is 9.24. The fourth-order valence-corrected chi connectivity index (χ4v) is 4.02. The van der Waals surface area contributed by atoms with Crippen LogP contribution in [0.2, 0.25) is 5.02 Å². The molecule has 1 fully saturated rings. The normalized spacial score (nSPS) is 17.2. The van der Waals surface area contributed by atoms with Gasteiger partial charge < -0.3 is 9.42 Å². The Hall–Kier alpha value is -2.66. The van der Waals surface area contributed by atoms with Crippen molar-refractivity contribution in [1.29, 1.82) is 0 Å². The van der Waals surface area contributed by atoms with E-state index in [-0.39, 0.29) is 17.4 Å². The average molecular weight is 424 g/mol. The minimum Gasteiger partial charge on any atom is -0.337 e. The number of hydrogen-bond acceptors (Lipinski definition) is 4. The van der Waals surface area contributed by atoms with Crippen LogP contribution in [0.3, 0.4) is 0 Å². The minimum atomic E-state index is -0.214. The van der Waals surface area contributed by atoms with E-state index in [2.05, 4.69) is 30.9 Å². The largest absolute Gasteiger partial charge is 0.337 e. The number of aromatic nitrogens is 2. The van der Waals surface area contributed by atoms with Gasteiger partial charge in [-0.05, 0) is 54.5 Å². The maximum absolute atomic E-state index is 13.3. The van der Waals surface area contributed by atoms with Gasteiger partial charge in [-0.2, -0.15) is 4.98 Å². The zero-order valence-electron chi connectivity index (χ0n) is 17.6. The molecule has 1 saturated heterocycles. The fraction of sp³-hybridized carbons (Fsp3) is 0.375. The molecule has 0 radical (unpaired) electrons. The molecule has 2 aromatic carbocycles. The predicted molar refractivity (Wildman–Crippen MR) is 118 cm³/mol. The first kappa shape index (κ1) is 20.6. The molecule has 0 saturated carbocycles. The van der Waals surface area contributed by atoms with E-state index >= 15 is 0 Å². The van der Waals surface area contributed by atoms with Gasteiger partial charge in [0.05, 0.1) is 0 Å². The van der Waals surface area contributed by atoms with Crippen molar-refractivity contribution in [2.24, 2.45) is 0 Å². The number of piperidine rings is 1. The Kier molecular flexibility index (Phi) is 5.65. The van der Waals surface area contributed by atoms with E-state index in [1.807, 2.05) is 41.3 Å². The molecule has 4 rings (SSSR count). The third-order valence-electron chi connectivity index (χ3n) is 5.57. The van der Waals surface area contributed by atoms with Crippen LogP contribution in [-0.2, 0) is 5.41 Å². The van der Waals surface area contributed by atoms with Gasteiger partial charge in [-0.1, -0.05) is 61.8 Å². The number of halogens is 1. The Balaban J connectivity index is 1.58. The molecule has 6 heteroatoms. The molecule has 1 amide bonds. The van der Waals surface area contributed by atoms with Crippen molar-refractivity contribution in [3.63, 3.8) is 0 Å². The highest BCUT2D eigenvalue weighted by Crippen LogP contribution is 2.33. The lowest BCUT2D eigenvalue weighted by molar-refractivity contribution is 0.0561. The van der Waals surface area contributed by atoms with Gasteiger partial charge in [-0.15, -0.1) is 0 Å². The number of amides is 1. The number of likely N-dealkylation sites (tertiary alicyclic amines) is 1. The summed E-state index contributed by atoms with van der Waals surface area (Å²) in [5.41, 5.74) is 2.74. The van der Waals surface area contributed by atoms with Crippen LogP contribution in [0.5, 0.6) is 0 Å². The molecular weight excluding hydrogens is 398 g/mol. The molecule has 0 unspecified atom stereocenters. The standard InChI is InChI=1S/C24H26ClN3O2/c1-24(2,3)18-12-10-16(11-13-18)23(29)28-14-5-4-9-20(28)22-26-21(27-30-22)17-7-6-8-19(25)15-17/h6-8,10-13,15,20H,4-5,9,14H2,1-3H3/t20-/m0/s1. The molecule has 1 aliphatic heterocycles. The summed E-state index contributed by atoms with van der Waals surface area (Å²) in [5.74, 6) is 0.965. The first-order chi connectivity index (χ1) is 14.3. The summed E-state index contributed by atoms with van der Waals surface area (Å²) in [5, 5.41) is 4.74. The summed E-state index contributed by atoms with van der Waals surface area (Å²) in [6, 6.07) is 15.0. The molecule has 2 heterocycles. The summed E-state index contributed by atoms with van der Waals surface area (Å²) >= 11 is 6.08. The van der Waals surface area contributed by atoms with Crippen molar-refractivity contribution in [3.05, 3.63) is 70.6 Å². The van der Waals surface area contributed by atoms with E-state index in [0.29, 0.717) is 28.8 Å². The van der Waals surface area contributed by atoms with Crippen LogP contribution in [0.1, 0.15) is 67.9 Å². The quantitative estimate of drug-likeness (QED) is 0.514. The summed E-state index contributed by atoms with van der Waals surface area (Å²) in [6.07, 6.45) is 2.80. The van der Waals surface area contributed by atoms with Crippen molar-refractivity contribution < 1.29 is 9.32 Å². The second kappa shape index (κ2) is 8.23. The molecule has 1 atom stereocenters. The lowest BCUT2D eigenvalue weighted by Crippen LogP contribution is -2.38. The number of carbonyl (C=O) groups is 1. The molecule has 30 heavy (non-hydrogen) atoms. The minimum absolute atomic E-state index is 0.00247. The molecule has 1 aliphatic rings. The first-order valence-electron chi connectivity index (χ1n) is 10.3. The van der Waals surface area contributed by atoms with Gasteiger partial charge in [0.15, 0.2) is 0 Å². The maximum Gasteiger partial charge on any atom is 0.254 e. The van der Waals surface area contributed by atoms with Crippen molar-refractivity contribution in [3.8, 4) is 11.4 Å². The smallest absolute Gasteiger partial charge is 0.254 e. The van der Waals surface area contributed by atoms with Crippen LogP contribution < -0.4 is 0 Å². The molecule has 1 aromatic heterocycles. The molecule has 0 bridgehead atoms. The second-order valence-electron chi connectivity index (χ2n) is 8.80. The third kappa shape index (κ3) is 4.26. The topological polar surface area (TPSA) is 59.2 Å². The lowest BCUT2D eigenvalue weighted by Gasteiger charge is -2.33. The Morgan fingerprint density at radius 3 is 2.60 bits per heavy atom. The summed E-state index contributed by atoms with van der Waals surface area (Å²) in [7, 11) is 0. The van der Waals surface area contributed by atoms with E-state index in [1.165, 1.54) is 5.56 Å². The highest BCUT2D eigenvalue weighted by atomic mass is 35.5.